The first-order valence-electron chi connectivity index (χ1n) is 20.5. The molecule has 292 valence electrons. The molecule has 5 nitrogen and oxygen atoms in total. The van der Waals surface area contributed by atoms with Gasteiger partial charge in [-0.1, -0.05) is 158 Å². The summed E-state index contributed by atoms with van der Waals surface area (Å²) in [5.74, 6) is 0. The average Bonchev–Trinajstić information content (AvgIpc) is 3.83. The molecule has 2 aliphatic rings. The maximum Gasteiger partial charge on any atom is 0.302 e. The van der Waals surface area contributed by atoms with Crippen molar-refractivity contribution in [2.24, 2.45) is 0 Å². The van der Waals surface area contributed by atoms with E-state index in [2.05, 4.69) is 207 Å². The summed E-state index contributed by atoms with van der Waals surface area (Å²) in [6.45, 7) is 0. The summed E-state index contributed by atoms with van der Waals surface area (Å²) in [4.78, 5) is 0. The summed E-state index contributed by atoms with van der Waals surface area (Å²) in [5.41, 5.74) is 12.0. The normalized spacial score (nSPS) is 14.2. The van der Waals surface area contributed by atoms with E-state index in [9.17, 15) is 0 Å². The van der Waals surface area contributed by atoms with Gasteiger partial charge in [0.2, 0.25) is 0 Å². The first-order chi connectivity index (χ1) is 30.2. The molecule has 0 amide bonds. The van der Waals surface area contributed by atoms with Crippen molar-refractivity contribution in [3.63, 3.8) is 0 Å². The van der Waals surface area contributed by atoms with Crippen molar-refractivity contribution in [1.29, 1.82) is 0 Å². The van der Waals surface area contributed by atoms with E-state index >= 15 is 4.57 Å². The first kappa shape index (κ1) is 36.9. The van der Waals surface area contributed by atoms with Gasteiger partial charge in [-0.15, -0.1) is 0 Å². The third-order valence-corrected chi connectivity index (χ3v) is 16.8. The predicted octanol–water partition coefficient (Wildman–Crippen LogP) is 14.8. The van der Waals surface area contributed by atoms with Crippen molar-refractivity contribution in [3.05, 3.63) is 243 Å². The van der Waals surface area contributed by atoms with Gasteiger partial charge in [0, 0.05) is 28.1 Å². The van der Waals surface area contributed by atoms with Gasteiger partial charge in [-0.2, -0.15) is 0 Å². The van der Waals surface area contributed by atoms with Crippen molar-refractivity contribution in [3.8, 4) is 22.3 Å². The van der Waals surface area contributed by atoms with E-state index in [0.717, 1.165) is 78.4 Å². The summed E-state index contributed by atoms with van der Waals surface area (Å²) in [5, 5.41) is 1.85. The smallest absolute Gasteiger partial charge is 0.296 e. The molecule has 0 spiro atoms. The second-order valence-corrected chi connectivity index (χ2v) is 19.2. The summed E-state index contributed by atoms with van der Waals surface area (Å²) in [7, 11) is -5.28. The van der Waals surface area contributed by atoms with Crippen LogP contribution in [-0.2, 0) is 4.57 Å². The van der Waals surface area contributed by atoms with E-state index in [1.807, 2.05) is 54.6 Å². The van der Waals surface area contributed by atoms with Gasteiger partial charge in [-0.25, -0.2) is 0 Å². The molecule has 0 unspecified atom stereocenters. The summed E-state index contributed by atoms with van der Waals surface area (Å²) < 4.78 is 26.9. The summed E-state index contributed by atoms with van der Waals surface area (Å²) in [6.07, 6.45) is 0. The number of anilines is 8. The monoisotopic (exact) mass is 822 g/mol. The highest BCUT2D eigenvalue weighted by atomic mass is 31.2. The Morgan fingerprint density at radius 2 is 0.656 bits per heavy atom. The Kier molecular flexibility index (Phi) is 9.35. The third kappa shape index (κ3) is 6.17. The van der Waals surface area contributed by atoms with Gasteiger partial charge < -0.3 is 0 Å². The zero-order valence-electron chi connectivity index (χ0n) is 33.2. The molecule has 0 bridgehead atoms. The van der Waals surface area contributed by atoms with Crippen LogP contribution in [0, 0.1) is 0 Å². The molecule has 0 aromatic heterocycles. The molecule has 0 saturated carbocycles. The van der Waals surface area contributed by atoms with Crippen molar-refractivity contribution in [2.75, 3.05) is 18.7 Å². The second kappa shape index (κ2) is 15.5. The Morgan fingerprint density at radius 3 is 1.07 bits per heavy atom. The number of benzene rings is 9. The van der Waals surface area contributed by atoms with E-state index in [4.69, 9.17) is 0 Å². The van der Waals surface area contributed by atoms with Gasteiger partial charge >= 0.3 is 7.44 Å². The van der Waals surface area contributed by atoms with Gasteiger partial charge in [0.05, 0.1) is 28.1 Å². The van der Waals surface area contributed by atoms with Gasteiger partial charge in [-0.3, -0.25) is 23.2 Å². The number of hydrogen-bond donors (Lipinski definition) is 0. The fourth-order valence-electron chi connectivity index (χ4n) is 8.80. The van der Waals surface area contributed by atoms with E-state index in [1.54, 1.807) is 0 Å². The van der Waals surface area contributed by atoms with Crippen LogP contribution in [-0.4, -0.2) is 0 Å². The van der Waals surface area contributed by atoms with Crippen molar-refractivity contribution < 1.29 is 4.57 Å². The zero-order chi connectivity index (χ0) is 40.8. The van der Waals surface area contributed by atoms with Gasteiger partial charge in [0.1, 0.15) is 8.22 Å². The minimum Gasteiger partial charge on any atom is -0.296 e. The molecule has 9 aromatic carbocycles. The lowest BCUT2D eigenvalue weighted by molar-refractivity contribution is 0.582. The van der Waals surface area contributed by atoms with Crippen LogP contribution in [0.15, 0.2) is 243 Å². The van der Waals surface area contributed by atoms with Crippen LogP contribution in [0.5, 0.6) is 0 Å². The quantitative estimate of drug-likeness (QED) is 0.142. The summed E-state index contributed by atoms with van der Waals surface area (Å²) >= 11 is 0. The molecule has 0 N–H and O–H groups in total. The molecule has 0 radical (unpaired) electrons. The summed E-state index contributed by atoms with van der Waals surface area (Å²) in [6, 6.07) is 84.7. The van der Waals surface area contributed by atoms with Crippen LogP contribution in [0.2, 0.25) is 0 Å². The van der Waals surface area contributed by atoms with Crippen LogP contribution >= 0.6 is 15.7 Å². The van der Waals surface area contributed by atoms with Crippen LogP contribution in [0.25, 0.3) is 22.3 Å². The van der Waals surface area contributed by atoms with E-state index in [-0.39, 0.29) is 0 Å². The van der Waals surface area contributed by atoms with Crippen LogP contribution in [0.1, 0.15) is 0 Å². The Hall–Kier alpha value is -7.16. The molecule has 0 aliphatic carbocycles. The number of nitrogens with zero attached hydrogens (tertiary/aromatic N) is 4. The first-order valence-corrected chi connectivity index (χ1v) is 23.4. The second-order valence-electron chi connectivity index (χ2n) is 15.0. The lowest BCUT2D eigenvalue weighted by atomic mass is 9.99. The molecule has 9 aromatic rings. The Labute approximate surface area is 358 Å². The highest BCUT2D eigenvalue weighted by Gasteiger charge is 2.51. The minimum atomic E-state index is -3.87. The SMILES string of the molecule is O=P1(c2cc(P3N(c4ccccc4)c4ccccc4N3c3ccccc3)c(-c3ccccc3)cc2-c2ccccc2)N(c2ccccc2)c2ccccc2N1c1ccccc1. The fourth-order valence-corrected chi connectivity index (χ4v) is 14.8. The van der Waals surface area contributed by atoms with Crippen LogP contribution in [0.4, 0.5) is 45.5 Å². The van der Waals surface area contributed by atoms with Gasteiger partial charge in [0.25, 0.3) is 0 Å². The van der Waals surface area contributed by atoms with E-state index < -0.39 is 15.7 Å². The molecule has 11 rings (SSSR count). The molecular weight excluding hydrogens is 783 g/mol. The zero-order valence-corrected chi connectivity index (χ0v) is 35.0. The van der Waals surface area contributed by atoms with Gasteiger partial charge in [0.15, 0.2) is 0 Å². The lowest BCUT2D eigenvalue weighted by Gasteiger charge is -2.37. The van der Waals surface area contributed by atoms with Gasteiger partial charge in [-0.05, 0) is 107 Å². The molecule has 2 aliphatic heterocycles. The minimum absolute atomic E-state index is 0.761. The third-order valence-electron chi connectivity index (χ3n) is 11.4. The molecular formula is C54H40N4OP2. The Bertz CT molecular complexity index is 2890. The number of fused-ring (bicyclic) bond motifs is 2. The molecule has 2 heterocycles. The number of para-hydroxylation sites is 8. The Morgan fingerprint density at radius 1 is 0.328 bits per heavy atom. The standard InChI is InChI=1S/C54H40N4OP2/c59-61(57(45-31-15-5-16-32-45)51-37-21-22-38-52(51)58(61)46-33-17-6-18-34-46)54-40-53(47(41-23-7-1-8-24-41)39-48(54)42-25-9-2-10-26-42)60-55(43-27-11-3-12-28-43)49-35-19-20-36-50(49)56(60)44-29-13-4-14-30-44/h1-40H. The van der Waals surface area contributed by atoms with Crippen LogP contribution in [0.3, 0.4) is 0 Å². The molecule has 0 atom stereocenters. The Balaban J connectivity index is 1.29. The highest BCUT2D eigenvalue weighted by Crippen LogP contribution is 2.71. The predicted molar refractivity (Wildman–Crippen MR) is 258 cm³/mol. The van der Waals surface area contributed by atoms with Crippen LogP contribution < -0.4 is 29.3 Å². The lowest BCUT2D eigenvalue weighted by Crippen LogP contribution is -2.32. The largest absolute Gasteiger partial charge is 0.302 e. The number of hydrogen-bond acceptors (Lipinski definition) is 3. The maximum absolute atomic E-state index is 17.7. The van der Waals surface area contributed by atoms with E-state index in [1.165, 1.54) is 0 Å². The molecule has 61 heavy (non-hydrogen) atoms. The van der Waals surface area contributed by atoms with E-state index in [0.29, 0.717) is 0 Å². The number of rotatable bonds is 8. The molecule has 0 fully saturated rings. The fraction of sp³-hybridized carbons (Fsp3) is 0. The average molecular weight is 823 g/mol. The van der Waals surface area contributed by atoms with Crippen molar-refractivity contribution in [2.45, 2.75) is 0 Å². The van der Waals surface area contributed by atoms with Crippen molar-refractivity contribution >= 4 is 71.8 Å². The molecule has 7 heteroatoms. The molecule has 0 saturated heterocycles. The maximum atomic E-state index is 17.7. The topological polar surface area (TPSA) is 30.0 Å². The highest BCUT2D eigenvalue weighted by molar-refractivity contribution is 7.76. The van der Waals surface area contributed by atoms with Crippen molar-refractivity contribution in [1.82, 2.24) is 0 Å².